The topological polar surface area (TPSA) is 16.4 Å². The maximum absolute atomic E-state index is 7.39. The molecule has 2 aliphatic carbocycles. The van der Waals surface area contributed by atoms with Gasteiger partial charge in [0.05, 0.1) is 21.9 Å². The van der Waals surface area contributed by atoms with Gasteiger partial charge in [-0.1, -0.05) is 261 Å². The molecule has 2 heteroatoms. The highest BCUT2D eigenvalue weighted by Gasteiger charge is 2.49. The molecule has 12 aromatic carbocycles. The van der Waals surface area contributed by atoms with Crippen molar-refractivity contribution in [2.75, 3.05) is 4.90 Å². The Bertz CT molecular complexity index is 4230. The first-order valence-corrected chi connectivity index (χ1v) is 26.3. The van der Waals surface area contributed by atoms with E-state index in [-0.39, 0.29) is 0 Å². The summed E-state index contributed by atoms with van der Waals surface area (Å²) in [5, 5.41) is 2.13. The van der Waals surface area contributed by atoms with E-state index in [9.17, 15) is 0 Å². The second-order valence-electron chi connectivity index (χ2n) is 20.2. The van der Waals surface area contributed by atoms with Crippen LogP contribution in [0.2, 0.25) is 0 Å². The molecular formula is C74H49NO. The van der Waals surface area contributed by atoms with Crippen molar-refractivity contribution in [2.45, 2.75) is 10.8 Å². The molecular weight excluding hydrogens is 919 g/mol. The van der Waals surface area contributed by atoms with Crippen LogP contribution >= 0.6 is 0 Å². The number of benzene rings is 12. The number of para-hydroxylation sites is 1. The zero-order valence-electron chi connectivity index (χ0n) is 41.6. The predicted octanol–water partition coefficient (Wildman–Crippen LogP) is 19.1. The lowest BCUT2D eigenvalue weighted by Gasteiger charge is -2.35. The van der Waals surface area contributed by atoms with Crippen molar-refractivity contribution in [2.24, 2.45) is 0 Å². The molecule has 0 saturated carbocycles. The van der Waals surface area contributed by atoms with E-state index in [1.54, 1.807) is 0 Å². The van der Waals surface area contributed by atoms with E-state index in [1.165, 1.54) is 77.9 Å². The predicted molar refractivity (Wildman–Crippen MR) is 314 cm³/mol. The Morgan fingerprint density at radius 1 is 0.276 bits per heavy atom. The van der Waals surface area contributed by atoms with Gasteiger partial charge in [0, 0.05) is 22.3 Å². The molecule has 0 radical (unpaired) electrons. The lowest BCUT2D eigenvalue weighted by atomic mass is 9.67. The van der Waals surface area contributed by atoms with Crippen LogP contribution in [0.4, 0.5) is 17.1 Å². The molecule has 0 N–H and O–H groups in total. The van der Waals surface area contributed by atoms with Gasteiger partial charge in [-0.2, -0.15) is 0 Å². The summed E-state index contributed by atoms with van der Waals surface area (Å²) in [6, 6.07) is 109. The van der Waals surface area contributed by atoms with E-state index in [1.807, 2.05) is 0 Å². The maximum atomic E-state index is 7.39. The molecule has 2 aliphatic rings. The molecule has 0 amide bonds. The second-order valence-corrected chi connectivity index (χ2v) is 20.2. The zero-order chi connectivity index (χ0) is 50.2. The number of anilines is 3. The van der Waals surface area contributed by atoms with Gasteiger partial charge >= 0.3 is 0 Å². The smallest absolute Gasteiger partial charge is 0.142 e. The number of hydrogen-bond donors (Lipinski definition) is 0. The Morgan fingerprint density at radius 2 is 0.684 bits per heavy atom. The van der Waals surface area contributed by atoms with Gasteiger partial charge in [-0.25, -0.2) is 0 Å². The summed E-state index contributed by atoms with van der Waals surface area (Å²) in [6.45, 7) is 0. The Kier molecular flexibility index (Phi) is 10.0. The largest absolute Gasteiger partial charge is 0.456 e. The Hall–Kier alpha value is -9.76. The highest BCUT2D eigenvalue weighted by Crippen LogP contribution is 2.60. The molecule has 0 fully saturated rings. The average molecular weight is 968 g/mol. The van der Waals surface area contributed by atoms with Gasteiger partial charge in [0.2, 0.25) is 0 Å². The van der Waals surface area contributed by atoms with Crippen LogP contribution in [0, 0.1) is 0 Å². The van der Waals surface area contributed by atoms with E-state index < -0.39 is 10.8 Å². The fourth-order valence-electron chi connectivity index (χ4n) is 13.3. The molecule has 0 spiro atoms. The first kappa shape index (κ1) is 43.8. The molecule has 0 saturated heterocycles. The van der Waals surface area contributed by atoms with Crippen LogP contribution in [-0.4, -0.2) is 0 Å². The monoisotopic (exact) mass is 967 g/mol. The van der Waals surface area contributed by atoms with Crippen molar-refractivity contribution < 1.29 is 4.42 Å². The van der Waals surface area contributed by atoms with E-state index >= 15 is 0 Å². The molecule has 13 aromatic rings. The third kappa shape index (κ3) is 6.41. The van der Waals surface area contributed by atoms with Crippen LogP contribution in [0.15, 0.2) is 302 Å². The summed E-state index contributed by atoms with van der Waals surface area (Å²) >= 11 is 0. The van der Waals surface area contributed by atoms with Crippen LogP contribution < -0.4 is 4.90 Å². The minimum atomic E-state index is -0.675. The molecule has 0 unspecified atom stereocenters. The van der Waals surface area contributed by atoms with Crippen LogP contribution in [0.1, 0.15) is 44.5 Å². The van der Waals surface area contributed by atoms with Gasteiger partial charge in [0.25, 0.3) is 0 Å². The minimum absolute atomic E-state index is 0.585. The summed E-state index contributed by atoms with van der Waals surface area (Å²) in [4.78, 5) is 2.48. The van der Waals surface area contributed by atoms with Crippen LogP contribution in [0.5, 0.6) is 0 Å². The van der Waals surface area contributed by atoms with E-state index in [4.69, 9.17) is 4.42 Å². The molecule has 356 valence electrons. The minimum Gasteiger partial charge on any atom is -0.456 e. The van der Waals surface area contributed by atoms with E-state index in [2.05, 4.69) is 302 Å². The fourth-order valence-corrected chi connectivity index (χ4v) is 13.3. The standard InChI is InChI=1S/C74H49NO/c1-5-21-50(22-6-1)51-37-39-52(40-38-51)53-41-43-57(44-42-53)75(58-45-46-62-61-31-13-17-33-64(61)73(68(62)49-58,54-23-7-2-8-24-54)55-25-9-3-10-26-55)69-48-47-67(72-71(69)63-32-16-20-36-70(63)76-72)74(56-27-11-4-12-28-56)65-34-18-14-29-59(65)60-30-15-19-35-66(60)74/h1-49H. The number of rotatable bonds is 9. The van der Waals surface area contributed by atoms with Crippen molar-refractivity contribution in [3.63, 3.8) is 0 Å². The molecule has 0 atom stereocenters. The highest BCUT2D eigenvalue weighted by atomic mass is 16.3. The Morgan fingerprint density at radius 3 is 1.24 bits per heavy atom. The van der Waals surface area contributed by atoms with Gasteiger partial charge in [0.1, 0.15) is 11.2 Å². The van der Waals surface area contributed by atoms with E-state index in [0.717, 1.165) is 50.1 Å². The van der Waals surface area contributed by atoms with Gasteiger partial charge < -0.3 is 9.32 Å². The third-order valence-corrected chi connectivity index (χ3v) is 16.5. The summed E-state index contributed by atoms with van der Waals surface area (Å²) < 4.78 is 7.39. The first-order valence-electron chi connectivity index (χ1n) is 26.3. The quantitative estimate of drug-likeness (QED) is 0.143. The van der Waals surface area contributed by atoms with Gasteiger partial charge in [-0.05, 0) is 120 Å². The van der Waals surface area contributed by atoms with Crippen LogP contribution in [-0.2, 0) is 10.8 Å². The normalized spacial score (nSPS) is 13.5. The van der Waals surface area contributed by atoms with Gasteiger partial charge in [-0.15, -0.1) is 0 Å². The number of furan rings is 1. The molecule has 1 aromatic heterocycles. The Balaban J connectivity index is 1.00. The first-order chi connectivity index (χ1) is 37.7. The zero-order valence-corrected chi connectivity index (χ0v) is 41.6. The second kappa shape index (κ2) is 17.4. The summed E-state index contributed by atoms with van der Waals surface area (Å²) in [5.41, 5.74) is 23.1. The maximum Gasteiger partial charge on any atom is 0.142 e. The summed E-state index contributed by atoms with van der Waals surface area (Å²) in [7, 11) is 0. The lowest BCUT2D eigenvalue weighted by Crippen LogP contribution is -2.29. The number of fused-ring (bicyclic) bond motifs is 9. The summed E-state index contributed by atoms with van der Waals surface area (Å²) in [6.07, 6.45) is 0. The van der Waals surface area contributed by atoms with Crippen molar-refractivity contribution in [1.29, 1.82) is 0 Å². The molecule has 0 bridgehead atoms. The molecule has 15 rings (SSSR count). The van der Waals surface area contributed by atoms with Crippen molar-refractivity contribution >= 4 is 39.0 Å². The number of nitrogens with zero attached hydrogens (tertiary/aromatic N) is 1. The van der Waals surface area contributed by atoms with Crippen molar-refractivity contribution in [1.82, 2.24) is 0 Å². The van der Waals surface area contributed by atoms with Crippen LogP contribution in [0.3, 0.4) is 0 Å². The summed E-state index contributed by atoms with van der Waals surface area (Å²) in [5.74, 6) is 0. The van der Waals surface area contributed by atoms with E-state index in [0.29, 0.717) is 0 Å². The number of hydrogen-bond acceptors (Lipinski definition) is 2. The average Bonchev–Trinajstić information content (AvgIpc) is 4.28. The molecule has 0 aliphatic heterocycles. The van der Waals surface area contributed by atoms with Crippen molar-refractivity contribution in [3.05, 3.63) is 342 Å². The lowest BCUT2D eigenvalue weighted by molar-refractivity contribution is 0.648. The SMILES string of the molecule is c1ccc(-c2ccc(-c3ccc(N(c4ccc5c(c4)C(c4ccccc4)(c4ccccc4)c4ccccc4-5)c4ccc(C5(c6ccccc6)c6ccccc6-c6ccccc65)c5oc6ccccc6c45)cc3)cc2)cc1. The molecule has 76 heavy (non-hydrogen) atoms. The third-order valence-electron chi connectivity index (χ3n) is 16.5. The van der Waals surface area contributed by atoms with Crippen molar-refractivity contribution in [3.8, 4) is 44.5 Å². The highest BCUT2D eigenvalue weighted by molar-refractivity contribution is 6.15. The molecule has 2 nitrogen and oxygen atoms in total. The van der Waals surface area contributed by atoms with Gasteiger partial charge in [0.15, 0.2) is 0 Å². The molecule has 1 heterocycles. The Labute approximate surface area is 443 Å². The van der Waals surface area contributed by atoms with Gasteiger partial charge in [-0.3, -0.25) is 0 Å². The van der Waals surface area contributed by atoms with Crippen LogP contribution in [0.25, 0.3) is 66.4 Å². The fraction of sp³-hybridized carbons (Fsp3) is 0.0270.